The Hall–Kier alpha value is -3.46. The number of nitrogens with two attached hydrogens (primary N) is 2. The fourth-order valence-electron chi connectivity index (χ4n) is 4.85. The second-order valence-electron chi connectivity index (χ2n) is 9.01. The zero-order valence-electron chi connectivity index (χ0n) is 18.2. The van der Waals surface area contributed by atoms with Gasteiger partial charge in [-0.25, -0.2) is 18.7 Å². The summed E-state index contributed by atoms with van der Waals surface area (Å²) in [4.78, 5) is 15.2. The molecule has 34 heavy (non-hydrogen) atoms. The van der Waals surface area contributed by atoms with Crippen LogP contribution >= 0.6 is 11.3 Å². The number of benzene rings is 1. The van der Waals surface area contributed by atoms with Crippen molar-refractivity contribution in [2.24, 2.45) is 5.73 Å². The molecule has 0 aliphatic carbocycles. The van der Waals surface area contributed by atoms with Gasteiger partial charge >= 0.3 is 0 Å². The van der Waals surface area contributed by atoms with Gasteiger partial charge in [0.2, 0.25) is 5.95 Å². The van der Waals surface area contributed by atoms with E-state index in [0.717, 1.165) is 29.5 Å². The molecule has 2 aliphatic heterocycles. The highest BCUT2D eigenvalue weighted by Crippen LogP contribution is 2.45. The molecule has 0 radical (unpaired) electrons. The highest BCUT2D eigenvalue weighted by atomic mass is 32.1. The molecule has 6 rings (SSSR count). The first-order valence-corrected chi connectivity index (χ1v) is 11.5. The average Bonchev–Trinajstić information content (AvgIpc) is 3.52. The van der Waals surface area contributed by atoms with Crippen molar-refractivity contribution in [2.75, 3.05) is 23.7 Å². The number of rotatable bonds is 2. The van der Waals surface area contributed by atoms with E-state index in [1.807, 2.05) is 17.9 Å². The van der Waals surface area contributed by atoms with Crippen molar-refractivity contribution in [3.8, 4) is 17.3 Å². The van der Waals surface area contributed by atoms with Gasteiger partial charge < -0.3 is 21.1 Å². The van der Waals surface area contributed by atoms with E-state index in [9.17, 15) is 9.65 Å². The maximum absolute atomic E-state index is 16.3. The maximum atomic E-state index is 16.3. The molecule has 1 atom stereocenters. The first-order chi connectivity index (χ1) is 16.3. The maximum Gasteiger partial charge on any atom is 0.226 e. The largest absolute Gasteiger partial charge is 0.389 e. The molecule has 3 aromatic heterocycles. The van der Waals surface area contributed by atoms with Gasteiger partial charge in [0.25, 0.3) is 0 Å². The van der Waals surface area contributed by atoms with Gasteiger partial charge in [0.1, 0.15) is 16.6 Å². The minimum absolute atomic E-state index is 0.0804. The predicted octanol–water partition coefficient (Wildman–Crippen LogP) is 3.60. The molecule has 0 amide bonds. The van der Waals surface area contributed by atoms with Crippen molar-refractivity contribution in [1.82, 2.24) is 15.0 Å². The smallest absolute Gasteiger partial charge is 0.226 e. The molecule has 8 nitrogen and oxygen atoms in total. The third-order valence-corrected chi connectivity index (χ3v) is 7.55. The summed E-state index contributed by atoms with van der Waals surface area (Å²) in [6, 6.07) is 2.01. The SMILES string of the molecule is C[C@]1(N)CCN(c2ncc3c4c(c(-c5ncc(F)c6sc(N)c(C#N)c56)c(F)c3n2)COC4)C1. The number of aromatic nitrogens is 3. The van der Waals surface area contributed by atoms with Gasteiger partial charge in [-0.05, 0) is 24.5 Å². The summed E-state index contributed by atoms with van der Waals surface area (Å²) in [6.07, 6.45) is 3.41. The summed E-state index contributed by atoms with van der Waals surface area (Å²) < 4.78 is 36.6. The van der Waals surface area contributed by atoms with E-state index in [-0.39, 0.29) is 56.2 Å². The van der Waals surface area contributed by atoms with Crippen molar-refractivity contribution in [1.29, 1.82) is 5.26 Å². The van der Waals surface area contributed by atoms with Crippen molar-refractivity contribution in [3.63, 3.8) is 0 Å². The van der Waals surface area contributed by atoms with E-state index in [1.165, 1.54) is 0 Å². The van der Waals surface area contributed by atoms with Crippen LogP contribution in [-0.4, -0.2) is 33.6 Å². The van der Waals surface area contributed by atoms with E-state index in [1.54, 1.807) is 6.20 Å². The zero-order chi connectivity index (χ0) is 23.8. The van der Waals surface area contributed by atoms with E-state index >= 15 is 4.39 Å². The van der Waals surface area contributed by atoms with E-state index < -0.39 is 11.6 Å². The molecule has 1 saturated heterocycles. The standard InChI is InChI=1S/C23H19F2N7OS/c1-23(28)2-3-32(9-23)22-30-5-11-12-7-33-8-13(12)15(17(25)18(11)31-22)19-16-10(4-26)21(27)34-20(16)14(24)6-29-19/h5-6H,2-3,7-9,27-28H2,1H3/t23-/m0/s1. The Morgan fingerprint density at radius 2 is 2.03 bits per heavy atom. The van der Waals surface area contributed by atoms with Gasteiger partial charge in [0.05, 0.1) is 35.4 Å². The summed E-state index contributed by atoms with van der Waals surface area (Å²) in [5, 5.41) is 10.6. The van der Waals surface area contributed by atoms with Crippen molar-refractivity contribution in [2.45, 2.75) is 32.1 Å². The summed E-state index contributed by atoms with van der Waals surface area (Å²) in [5.41, 5.74) is 13.7. The Morgan fingerprint density at radius 1 is 1.24 bits per heavy atom. The van der Waals surface area contributed by atoms with Crippen molar-refractivity contribution in [3.05, 3.63) is 40.7 Å². The van der Waals surface area contributed by atoms with Crippen LogP contribution in [0.5, 0.6) is 0 Å². The zero-order valence-corrected chi connectivity index (χ0v) is 19.0. The fraction of sp³-hybridized carbons (Fsp3) is 0.304. The van der Waals surface area contributed by atoms with E-state index in [4.69, 9.17) is 16.2 Å². The number of nitrogen functional groups attached to an aromatic ring is 1. The fourth-order valence-corrected chi connectivity index (χ4v) is 5.77. The summed E-state index contributed by atoms with van der Waals surface area (Å²) in [5.74, 6) is -0.846. The second kappa shape index (κ2) is 7.27. The lowest BCUT2D eigenvalue weighted by atomic mass is 9.94. The van der Waals surface area contributed by atoms with E-state index in [0.29, 0.717) is 30.0 Å². The highest BCUT2D eigenvalue weighted by molar-refractivity contribution is 7.23. The number of halogens is 2. The number of fused-ring (bicyclic) bond motifs is 4. The topological polar surface area (TPSA) is 127 Å². The Labute approximate surface area is 196 Å². The predicted molar refractivity (Wildman–Crippen MR) is 125 cm³/mol. The molecule has 4 aromatic rings. The van der Waals surface area contributed by atoms with Crippen LogP contribution in [0.4, 0.5) is 19.7 Å². The minimum Gasteiger partial charge on any atom is -0.389 e. The van der Waals surface area contributed by atoms with Crippen LogP contribution < -0.4 is 16.4 Å². The number of ether oxygens (including phenoxy) is 1. The number of pyridine rings is 1. The van der Waals surface area contributed by atoms with Gasteiger partial charge in [-0.2, -0.15) is 5.26 Å². The van der Waals surface area contributed by atoms with Crippen LogP contribution in [0.25, 0.3) is 32.2 Å². The molecule has 1 aromatic carbocycles. The molecule has 11 heteroatoms. The molecular weight excluding hydrogens is 460 g/mol. The average molecular weight is 480 g/mol. The first-order valence-electron chi connectivity index (χ1n) is 10.7. The number of nitriles is 1. The third-order valence-electron chi connectivity index (χ3n) is 6.52. The van der Waals surface area contributed by atoms with Crippen LogP contribution in [0.2, 0.25) is 0 Å². The highest BCUT2D eigenvalue weighted by Gasteiger charge is 2.33. The lowest BCUT2D eigenvalue weighted by Gasteiger charge is -2.20. The molecule has 0 spiro atoms. The van der Waals surface area contributed by atoms with Gasteiger partial charge in [-0.15, -0.1) is 11.3 Å². The van der Waals surface area contributed by atoms with Gasteiger partial charge in [0, 0.05) is 41.2 Å². The summed E-state index contributed by atoms with van der Waals surface area (Å²) in [6.45, 7) is 3.59. The number of anilines is 2. The lowest BCUT2D eigenvalue weighted by Crippen LogP contribution is -2.39. The quantitative estimate of drug-likeness (QED) is 0.447. The molecular formula is C23H19F2N7OS. The molecule has 0 unspecified atom stereocenters. The van der Waals surface area contributed by atoms with Crippen molar-refractivity contribution >= 4 is 43.3 Å². The Morgan fingerprint density at radius 3 is 2.76 bits per heavy atom. The third kappa shape index (κ3) is 2.96. The lowest BCUT2D eigenvalue weighted by molar-refractivity contribution is 0.135. The van der Waals surface area contributed by atoms with Gasteiger partial charge in [-0.3, -0.25) is 4.98 Å². The summed E-state index contributed by atoms with van der Waals surface area (Å²) >= 11 is 0.943. The van der Waals surface area contributed by atoms with Crippen LogP contribution in [0.3, 0.4) is 0 Å². The Bertz CT molecular complexity index is 1560. The number of hydrogen-bond donors (Lipinski definition) is 2. The number of nitrogens with zero attached hydrogens (tertiary/aromatic N) is 5. The monoisotopic (exact) mass is 479 g/mol. The van der Waals surface area contributed by atoms with Crippen LogP contribution in [-0.2, 0) is 18.0 Å². The van der Waals surface area contributed by atoms with E-state index in [2.05, 4.69) is 15.0 Å². The summed E-state index contributed by atoms with van der Waals surface area (Å²) in [7, 11) is 0. The molecule has 5 heterocycles. The van der Waals surface area contributed by atoms with Gasteiger partial charge in [-0.1, -0.05) is 0 Å². The van der Waals surface area contributed by atoms with Gasteiger partial charge in [0.15, 0.2) is 11.6 Å². The number of hydrogen-bond acceptors (Lipinski definition) is 9. The van der Waals surface area contributed by atoms with Crippen LogP contribution in [0, 0.1) is 23.0 Å². The molecule has 2 aliphatic rings. The molecule has 4 N–H and O–H groups in total. The molecule has 1 fully saturated rings. The normalized spacial score (nSPS) is 19.8. The van der Waals surface area contributed by atoms with Crippen molar-refractivity contribution < 1.29 is 13.5 Å². The van der Waals surface area contributed by atoms with Crippen LogP contribution in [0.1, 0.15) is 30.0 Å². The molecule has 172 valence electrons. The second-order valence-corrected chi connectivity index (χ2v) is 10.1. The number of thiophene rings is 1. The minimum atomic E-state index is -0.619. The van der Waals surface area contributed by atoms with Crippen LogP contribution in [0.15, 0.2) is 12.4 Å². The Balaban J connectivity index is 1.65. The first kappa shape index (κ1) is 21.1. The molecule has 0 bridgehead atoms. The molecule has 0 saturated carbocycles. The Kier molecular flexibility index (Phi) is 4.51.